The molecule has 96 valence electrons. The number of likely N-dealkylation sites (N-methyl/N-ethyl adjacent to an activating group) is 1. The maximum absolute atomic E-state index is 5.92. The molecule has 1 fully saturated rings. The topological polar surface area (TPSA) is 21.3 Å². The second-order valence-corrected chi connectivity index (χ2v) is 5.95. The van der Waals surface area contributed by atoms with Crippen molar-refractivity contribution in [3.63, 3.8) is 0 Å². The molecule has 1 N–H and O–H groups in total. The first kappa shape index (κ1) is 14.0. The summed E-state index contributed by atoms with van der Waals surface area (Å²) in [6.07, 6.45) is 6.11. The lowest BCUT2D eigenvalue weighted by Gasteiger charge is -2.47. The first-order chi connectivity index (χ1) is 7.49. The van der Waals surface area contributed by atoms with E-state index in [1.807, 2.05) is 7.11 Å². The van der Waals surface area contributed by atoms with Gasteiger partial charge in [-0.2, -0.15) is 0 Å². The molecule has 0 saturated heterocycles. The Bertz CT molecular complexity index is 203. The molecule has 1 saturated carbocycles. The Labute approximate surface area is 101 Å². The number of methoxy groups -OCH3 is 1. The Morgan fingerprint density at radius 3 is 2.06 bits per heavy atom. The summed E-state index contributed by atoms with van der Waals surface area (Å²) in [4.78, 5) is 0. The third-order valence-electron chi connectivity index (χ3n) is 4.35. The monoisotopic (exact) mass is 227 g/mol. The van der Waals surface area contributed by atoms with Crippen LogP contribution in [0.4, 0.5) is 0 Å². The van der Waals surface area contributed by atoms with Crippen LogP contribution in [0, 0.1) is 5.41 Å². The van der Waals surface area contributed by atoms with Crippen molar-refractivity contribution < 1.29 is 4.74 Å². The summed E-state index contributed by atoms with van der Waals surface area (Å²) in [6.45, 7) is 10.2. The highest BCUT2D eigenvalue weighted by molar-refractivity contribution is 4.98. The lowest BCUT2D eigenvalue weighted by atomic mass is 9.68. The van der Waals surface area contributed by atoms with E-state index >= 15 is 0 Å². The van der Waals surface area contributed by atoms with Gasteiger partial charge in [0, 0.05) is 13.2 Å². The molecule has 1 aliphatic rings. The van der Waals surface area contributed by atoms with E-state index in [0.717, 1.165) is 13.0 Å². The van der Waals surface area contributed by atoms with E-state index < -0.39 is 0 Å². The third kappa shape index (κ3) is 2.98. The second kappa shape index (κ2) is 5.50. The Kier molecular flexibility index (Phi) is 4.81. The number of nitrogens with one attached hydrogen (secondary N) is 1. The molecule has 0 amide bonds. The van der Waals surface area contributed by atoms with Crippen molar-refractivity contribution in [1.82, 2.24) is 5.32 Å². The molecule has 0 aromatic heterocycles. The molecule has 0 bridgehead atoms. The Morgan fingerprint density at radius 2 is 1.69 bits per heavy atom. The minimum Gasteiger partial charge on any atom is -0.377 e. The predicted molar refractivity (Wildman–Crippen MR) is 69.7 cm³/mol. The van der Waals surface area contributed by atoms with Gasteiger partial charge < -0.3 is 10.1 Å². The zero-order valence-electron chi connectivity index (χ0n) is 11.7. The molecule has 16 heavy (non-hydrogen) atoms. The molecule has 0 aliphatic heterocycles. The molecule has 1 unspecified atom stereocenters. The van der Waals surface area contributed by atoms with Gasteiger partial charge in [0.2, 0.25) is 0 Å². The maximum Gasteiger partial charge on any atom is 0.0831 e. The van der Waals surface area contributed by atoms with Crippen LogP contribution in [0.2, 0.25) is 0 Å². The molecule has 2 nitrogen and oxygen atoms in total. The van der Waals surface area contributed by atoms with Crippen LogP contribution in [-0.4, -0.2) is 25.3 Å². The fourth-order valence-electron chi connectivity index (χ4n) is 2.99. The van der Waals surface area contributed by atoms with Gasteiger partial charge in [0.1, 0.15) is 0 Å². The summed E-state index contributed by atoms with van der Waals surface area (Å²) in [5.41, 5.74) is 0.590. The third-order valence-corrected chi connectivity index (χ3v) is 4.35. The Morgan fingerprint density at radius 1 is 1.12 bits per heavy atom. The summed E-state index contributed by atoms with van der Waals surface area (Å²) in [6, 6.07) is 0.513. The van der Waals surface area contributed by atoms with Gasteiger partial charge in [-0.25, -0.2) is 0 Å². The van der Waals surface area contributed by atoms with Gasteiger partial charge in [0.05, 0.1) is 5.60 Å². The van der Waals surface area contributed by atoms with E-state index in [2.05, 4.69) is 33.0 Å². The van der Waals surface area contributed by atoms with E-state index in [4.69, 9.17) is 4.74 Å². The van der Waals surface area contributed by atoms with Crippen molar-refractivity contribution in [2.45, 2.75) is 71.4 Å². The van der Waals surface area contributed by atoms with Crippen LogP contribution < -0.4 is 5.32 Å². The van der Waals surface area contributed by atoms with Crippen molar-refractivity contribution in [2.24, 2.45) is 5.41 Å². The summed E-state index contributed by atoms with van der Waals surface area (Å²) in [5.74, 6) is 0. The van der Waals surface area contributed by atoms with Gasteiger partial charge in [0.15, 0.2) is 0 Å². The van der Waals surface area contributed by atoms with Gasteiger partial charge in [0.25, 0.3) is 0 Å². The van der Waals surface area contributed by atoms with Crippen molar-refractivity contribution in [1.29, 1.82) is 0 Å². The molecular formula is C14H29NO. The molecule has 0 spiro atoms. The lowest BCUT2D eigenvalue weighted by molar-refractivity contribution is -0.0866. The minimum absolute atomic E-state index is 0.0836. The fourth-order valence-corrected chi connectivity index (χ4v) is 2.99. The first-order valence-electron chi connectivity index (χ1n) is 6.78. The maximum atomic E-state index is 5.92. The largest absolute Gasteiger partial charge is 0.377 e. The highest BCUT2D eigenvalue weighted by Crippen LogP contribution is 2.43. The van der Waals surface area contributed by atoms with Crippen LogP contribution in [0.3, 0.4) is 0 Å². The zero-order chi connectivity index (χ0) is 12.2. The van der Waals surface area contributed by atoms with Gasteiger partial charge in [-0.1, -0.05) is 27.7 Å². The van der Waals surface area contributed by atoms with Crippen LogP contribution in [0.25, 0.3) is 0 Å². The number of ether oxygens (including phenoxy) is 1. The molecule has 0 heterocycles. The van der Waals surface area contributed by atoms with Gasteiger partial charge >= 0.3 is 0 Å². The lowest BCUT2D eigenvalue weighted by Crippen LogP contribution is -2.54. The van der Waals surface area contributed by atoms with Crippen LogP contribution in [0.1, 0.15) is 59.8 Å². The average molecular weight is 227 g/mol. The molecule has 1 atom stereocenters. The second-order valence-electron chi connectivity index (χ2n) is 5.95. The average Bonchev–Trinajstić information content (AvgIpc) is 2.27. The number of rotatable bonds is 5. The van der Waals surface area contributed by atoms with Crippen LogP contribution in [0.5, 0.6) is 0 Å². The SMILES string of the molecule is CCNC(CC)C1(OC)CCC(C)(C)CC1. The highest BCUT2D eigenvalue weighted by Gasteiger charge is 2.43. The summed E-state index contributed by atoms with van der Waals surface area (Å²) < 4.78 is 5.92. The molecule has 0 radical (unpaired) electrons. The molecule has 2 heteroatoms. The van der Waals surface area contributed by atoms with Gasteiger partial charge in [-0.15, -0.1) is 0 Å². The normalized spacial score (nSPS) is 25.3. The number of hydrogen-bond donors (Lipinski definition) is 1. The summed E-state index contributed by atoms with van der Waals surface area (Å²) >= 11 is 0. The van der Waals surface area contributed by atoms with Crippen LogP contribution >= 0.6 is 0 Å². The van der Waals surface area contributed by atoms with E-state index in [-0.39, 0.29) is 5.60 Å². The van der Waals surface area contributed by atoms with Gasteiger partial charge in [-0.05, 0) is 44.1 Å². The van der Waals surface area contributed by atoms with Crippen LogP contribution in [0.15, 0.2) is 0 Å². The van der Waals surface area contributed by atoms with Crippen molar-refractivity contribution in [3.8, 4) is 0 Å². The van der Waals surface area contributed by atoms with Crippen LogP contribution in [-0.2, 0) is 4.74 Å². The molecular weight excluding hydrogens is 198 g/mol. The first-order valence-corrected chi connectivity index (χ1v) is 6.78. The number of hydrogen-bond acceptors (Lipinski definition) is 2. The van der Waals surface area contributed by atoms with Crippen molar-refractivity contribution in [2.75, 3.05) is 13.7 Å². The van der Waals surface area contributed by atoms with E-state index in [0.29, 0.717) is 11.5 Å². The van der Waals surface area contributed by atoms with Crippen molar-refractivity contribution >= 4 is 0 Å². The summed E-state index contributed by atoms with van der Waals surface area (Å²) in [5, 5.41) is 3.60. The Balaban J connectivity index is 2.71. The van der Waals surface area contributed by atoms with Crippen molar-refractivity contribution in [3.05, 3.63) is 0 Å². The zero-order valence-corrected chi connectivity index (χ0v) is 11.7. The molecule has 1 rings (SSSR count). The highest BCUT2D eigenvalue weighted by atomic mass is 16.5. The van der Waals surface area contributed by atoms with E-state index in [1.54, 1.807) is 0 Å². The molecule has 0 aromatic carbocycles. The van der Waals surface area contributed by atoms with E-state index in [1.165, 1.54) is 25.7 Å². The Hall–Kier alpha value is -0.0800. The molecule has 0 aromatic rings. The quantitative estimate of drug-likeness (QED) is 0.777. The summed E-state index contributed by atoms with van der Waals surface area (Å²) in [7, 11) is 1.89. The predicted octanol–water partition coefficient (Wildman–Crippen LogP) is 3.36. The fraction of sp³-hybridized carbons (Fsp3) is 1.00. The molecule has 1 aliphatic carbocycles. The standard InChI is InChI=1S/C14H29NO/c1-6-12(15-7-2)14(16-5)10-8-13(3,4)9-11-14/h12,15H,6-11H2,1-5H3. The minimum atomic E-state index is 0.0836. The van der Waals surface area contributed by atoms with Gasteiger partial charge in [-0.3, -0.25) is 0 Å². The smallest absolute Gasteiger partial charge is 0.0831 e. The van der Waals surface area contributed by atoms with E-state index in [9.17, 15) is 0 Å².